The Morgan fingerprint density at radius 2 is 1.60 bits per heavy atom. The molecule has 20 heavy (non-hydrogen) atoms. The Bertz CT molecular complexity index is 276. The fraction of sp³-hybridized carbons (Fsp3) is 1.00. The highest BCUT2D eigenvalue weighted by atomic mass is 15.3. The van der Waals surface area contributed by atoms with E-state index in [4.69, 9.17) is 5.73 Å². The normalized spacial score (nSPS) is 26.2. The van der Waals surface area contributed by atoms with Crippen LogP contribution in [0.3, 0.4) is 0 Å². The summed E-state index contributed by atoms with van der Waals surface area (Å²) in [5.41, 5.74) is 6.49. The van der Waals surface area contributed by atoms with Gasteiger partial charge in [0.05, 0.1) is 0 Å². The first kappa shape index (κ1) is 16.2. The molecule has 0 saturated carbocycles. The number of piperazine rings is 1. The molecular formula is C16H34N4. The van der Waals surface area contributed by atoms with Crippen molar-refractivity contribution in [1.29, 1.82) is 0 Å². The van der Waals surface area contributed by atoms with Gasteiger partial charge in [0.15, 0.2) is 0 Å². The fourth-order valence-electron chi connectivity index (χ4n) is 3.87. The molecule has 2 N–H and O–H groups in total. The summed E-state index contributed by atoms with van der Waals surface area (Å²) in [6, 6.07) is 0.673. The number of hydrogen-bond donors (Lipinski definition) is 1. The Kier molecular flexibility index (Phi) is 5.84. The third-order valence-electron chi connectivity index (χ3n) is 5.42. The van der Waals surface area contributed by atoms with Crippen LogP contribution in [-0.2, 0) is 0 Å². The van der Waals surface area contributed by atoms with Gasteiger partial charge in [-0.15, -0.1) is 0 Å². The van der Waals surface area contributed by atoms with E-state index in [0.29, 0.717) is 6.04 Å². The monoisotopic (exact) mass is 282 g/mol. The summed E-state index contributed by atoms with van der Waals surface area (Å²) in [7, 11) is 0. The van der Waals surface area contributed by atoms with Crippen LogP contribution in [0.15, 0.2) is 0 Å². The van der Waals surface area contributed by atoms with Crippen molar-refractivity contribution in [3.05, 3.63) is 0 Å². The second-order valence-corrected chi connectivity index (χ2v) is 6.89. The maximum Gasteiger partial charge on any atom is 0.0357 e. The summed E-state index contributed by atoms with van der Waals surface area (Å²) in [5.74, 6) is 0. The first-order valence-electron chi connectivity index (χ1n) is 8.53. The summed E-state index contributed by atoms with van der Waals surface area (Å²) in [6.07, 6.45) is 3.76. The van der Waals surface area contributed by atoms with Crippen LogP contribution in [0.5, 0.6) is 0 Å². The zero-order valence-electron chi connectivity index (χ0n) is 13.8. The van der Waals surface area contributed by atoms with Crippen molar-refractivity contribution < 1.29 is 0 Å². The number of nitrogens with two attached hydrogens (primary N) is 1. The molecule has 0 aliphatic carbocycles. The van der Waals surface area contributed by atoms with Gasteiger partial charge in [-0.05, 0) is 39.7 Å². The van der Waals surface area contributed by atoms with Gasteiger partial charge in [-0.2, -0.15) is 0 Å². The summed E-state index contributed by atoms with van der Waals surface area (Å²) in [4.78, 5) is 7.90. The predicted molar refractivity (Wildman–Crippen MR) is 86.0 cm³/mol. The van der Waals surface area contributed by atoms with Crippen LogP contribution in [0.2, 0.25) is 0 Å². The van der Waals surface area contributed by atoms with Gasteiger partial charge in [-0.3, -0.25) is 4.90 Å². The molecule has 2 aliphatic heterocycles. The third kappa shape index (κ3) is 3.53. The molecular weight excluding hydrogens is 248 g/mol. The van der Waals surface area contributed by atoms with E-state index in [1.54, 1.807) is 0 Å². The van der Waals surface area contributed by atoms with Crippen LogP contribution < -0.4 is 5.73 Å². The minimum absolute atomic E-state index is 0.281. The molecule has 0 bridgehead atoms. The SMILES string of the molecule is CCCN1CCN(C2(CN)CCN(C(C)C)CC2)CC1. The number of likely N-dealkylation sites (tertiary alicyclic amines) is 1. The van der Waals surface area contributed by atoms with Crippen LogP contribution >= 0.6 is 0 Å². The van der Waals surface area contributed by atoms with Crippen LogP contribution in [-0.4, -0.2) is 78.6 Å². The molecule has 0 unspecified atom stereocenters. The molecule has 0 atom stereocenters. The van der Waals surface area contributed by atoms with Gasteiger partial charge in [0.1, 0.15) is 0 Å². The largest absolute Gasteiger partial charge is 0.329 e. The zero-order chi connectivity index (χ0) is 14.6. The first-order valence-corrected chi connectivity index (χ1v) is 8.53. The highest BCUT2D eigenvalue weighted by Gasteiger charge is 2.40. The Hall–Kier alpha value is -0.160. The molecule has 0 radical (unpaired) electrons. The van der Waals surface area contributed by atoms with Gasteiger partial charge in [-0.1, -0.05) is 6.92 Å². The Morgan fingerprint density at radius 3 is 2.05 bits per heavy atom. The van der Waals surface area contributed by atoms with Gasteiger partial charge in [-0.25, -0.2) is 0 Å². The second kappa shape index (κ2) is 7.21. The number of piperidine rings is 1. The number of rotatable bonds is 5. The van der Waals surface area contributed by atoms with Crippen LogP contribution in [0, 0.1) is 0 Å². The lowest BCUT2D eigenvalue weighted by Gasteiger charge is -2.51. The van der Waals surface area contributed by atoms with Crippen molar-refractivity contribution in [2.45, 2.75) is 51.6 Å². The molecule has 0 aromatic carbocycles. The standard InChI is InChI=1S/C16H34N4/c1-4-7-18-10-12-20(13-11-18)16(14-17)5-8-19(9-6-16)15(2)3/h15H,4-14,17H2,1-3H3. The molecule has 0 aromatic rings. The molecule has 4 heteroatoms. The van der Waals surface area contributed by atoms with Crippen molar-refractivity contribution in [1.82, 2.24) is 14.7 Å². The van der Waals surface area contributed by atoms with Crippen LogP contribution in [0.25, 0.3) is 0 Å². The third-order valence-corrected chi connectivity index (χ3v) is 5.42. The Balaban J connectivity index is 1.89. The van der Waals surface area contributed by atoms with Crippen molar-refractivity contribution in [2.24, 2.45) is 5.73 Å². The van der Waals surface area contributed by atoms with Gasteiger partial charge in [0.2, 0.25) is 0 Å². The Morgan fingerprint density at radius 1 is 1.00 bits per heavy atom. The van der Waals surface area contributed by atoms with E-state index in [9.17, 15) is 0 Å². The van der Waals surface area contributed by atoms with Crippen LogP contribution in [0.4, 0.5) is 0 Å². The molecule has 2 fully saturated rings. The Labute approximate surface area is 125 Å². The molecule has 2 saturated heterocycles. The molecule has 0 amide bonds. The van der Waals surface area contributed by atoms with Gasteiger partial charge < -0.3 is 15.5 Å². The van der Waals surface area contributed by atoms with Gasteiger partial charge >= 0.3 is 0 Å². The molecule has 4 nitrogen and oxygen atoms in total. The maximum absolute atomic E-state index is 6.21. The lowest BCUT2D eigenvalue weighted by molar-refractivity contribution is -0.0111. The zero-order valence-corrected chi connectivity index (χ0v) is 13.8. The summed E-state index contributed by atoms with van der Waals surface area (Å²) in [5, 5.41) is 0. The predicted octanol–water partition coefficient (Wildman–Crippen LogP) is 1.22. The van der Waals surface area contributed by atoms with Crippen molar-refractivity contribution in [2.75, 3.05) is 52.4 Å². The summed E-state index contributed by atoms with van der Waals surface area (Å²) < 4.78 is 0. The quantitative estimate of drug-likeness (QED) is 0.822. The lowest BCUT2D eigenvalue weighted by atomic mass is 9.84. The van der Waals surface area contributed by atoms with E-state index in [-0.39, 0.29) is 5.54 Å². The molecule has 0 spiro atoms. The average molecular weight is 282 g/mol. The summed E-state index contributed by atoms with van der Waals surface area (Å²) >= 11 is 0. The minimum Gasteiger partial charge on any atom is -0.329 e. The topological polar surface area (TPSA) is 35.7 Å². The number of hydrogen-bond acceptors (Lipinski definition) is 4. The van der Waals surface area contributed by atoms with Crippen molar-refractivity contribution >= 4 is 0 Å². The van der Waals surface area contributed by atoms with E-state index in [0.717, 1.165) is 6.54 Å². The highest BCUT2D eigenvalue weighted by molar-refractivity contribution is 4.98. The smallest absolute Gasteiger partial charge is 0.0357 e. The first-order chi connectivity index (χ1) is 9.61. The van der Waals surface area contributed by atoms with E-state index in [2.05, 4.69) is 35.5 Å². The van der Waals surface area contributed by atoms with Gasteiger partial charge in [0, 0.05) is 57.4 Å². The fourth-order valence-corrected chi connectivity index (χ4v) is 3.87. The van der Waals surface area contributed by atoms with Crippen molar-refractivity contribution in [3.8, 4) is 0 Å². The van der Waals surface area contributed by atoms with Crippen molar-refractivity contribution in [3.63, 3.8) is 0 Å². The second-order valence-electron chi connectivity index (χ2n) is 6.89. The minimum atomic E-state index is 0.281. The van der Waals surface area contributed by atoms with E-state index in [1.807, 2.05) is 0 Å². The molecule has 118 valence electrons. The average Bonchev–Trinajstić information content (AvgIpc) is 2.48. The maximum atomic E-state index is 6.21. The number of nitrogens with zero attached hydrogens (tertiary/aromatic N) is 3. The summed E-state index contributed by atoms with van der Waals surface area (Å²) in [6.45, 7) is 16.3. The van der Waals surface area contributed by atoms with E-state index >= 15 is 0 Å². The molecule has 0 aromatic heterocycles. The molecule has 2 aliphatic rings. The lowest BCUT2D eigenvalue weighted by Crippen LogP contribution is -2.64. The van der Waals surface area contributed by atoms with E-state index < -0.39 is 0 Å². The van der Waals surface area contributed by atoms with Gasteiger partial charge in [0.25, 0.3) is 0 Å². The molecule has 2 rings (SSSR count). The molecule has 2 heterocycles. The highest BCUT2D eigenvalue weighted by Crippen LogP contribution is 2.30. The van der Waals surface area contributed by atoms with Crippen LogP contribution in [0.1, 0.15) is 40.0 Å². The van der Waals surface area contributed by atoms with E-state index in [1.165, 1.54) is 65.1 Å².